The van der Waals surface area contributed by atoms with Crippen LogP contribution in [0.3, 0.4) is 0 Å². The topological polar surface area (TPSA) is 26.0 Å². The quantitative estimate of drug-likeness (QED) is 0.790. The van der Waals surface area contributed by atoms with Crippen LogP contribution in [0.4, 0.5) is 0 Å². The van der Waals surface area contributed by atoms with Crippen LogP contribution >= 0.6 is 12.2 Å². The predicted octanol–water partition coefficient (Wildman–Crippen LogP) is 3.57. The van der Waals surface area contributed by atoms with Gasteiger partial charge in [0.25, 0.3) is 0 Å². The van der Waals surface area contributed by atoms with Gasteiger partial charge in [0.15, 0.2) is 0 Å². The third-order valence-corrected chi connectivity index (χ3v) is 2.82. The third-order valence-electron chi connectivity index (χ3n) is 2.62. The molecule has 1 aromatic rings. The van der Waals surface area contributed by atoms with Gasteiger partial charge < -0.3 is 5.73 Å². The van der Waals surface area contributed by atoms with E-state index in [0.717, 1.165) is 5.56 Å². The summed E-state index contributed by atoms with van der Waals surface area (Å²) in [5.74, 6) is 0.917. The SMILES string of the molecule is CC(C)c1cccc(C(C)C)c1C(N)=S. The maximum Gasteiger partial charge on any atom is 0.104 e. The van der Waals surface area contributed by atoms with E-state index in [0.29, 0.717) is 16.8 Å². The fourth-order valence-corrected chi connectivity index (χ4v) is 2.07. The van der Waals surface area contributed by atoms with Gasteiger partial charge >= 0.3 is 0 Å². The minimum absolute atomic E-state index is 0.459. The lowest BCUT2D eigenvalue weighted by molar-refractivity contribution is 0.829. The molecule has 0 unspecified atom stereocenters. The van der Waals surface area contributed by atoms with Crippen molar-refractivity contribution < 1.29 is 0 Å². The fraction of sp³-hybridized carbons (Fsp3) is 0.462. The summed E-state index contributed by atoms with van der Waals surface area (Å²) in [5.41, 5.74) is 9.42. The number of hydrogen-bond donors (Lipinski definition) is 1. The fourth-order valence-electron chi connectivity index (χ4n) is 1.84. The third kappa shape index (κ3) is 2.57. The maximum absolute atomic E-state index is 5.82. The van der Waals surface area contributed by atoms with Gasteiger partial charge in [0.2, 0.25) is 0 Å². The van der Waals surface area contributed by atoms with E-state index in [-0.39, 0.29) is 0 Å². The number of thiocarbonyl (C=S) groups is 1. The molecule has 0 aliphatic heterocycles. The molecule has 0 bridgehead atoms. The number of hydrogen-bond acceptors (Lipinski definition) is 1. The highest BCUT2D eigenvalue weighted by molar-refractivity contribution is 7.80. The number of benzene rings is 1. The van der Waals surface area contributed by atoms with E-state index in [4.69, 9.17) is 18.0 Å². The van der Waals surface area contributed by atoms with Crippen molar-refractivity contribution in [2.45, 2.75) is 39.5 Å². The summed E-state index contributed by atoms with van der Waals surface area (Å²) in [6, 6.07) is 6.32. The second-order valence-corrected chi connectivity index (χ2v) is 4.92. The van der Waals surface area contributed by atoms with Gasteiger partial charge in [-0.3, -0.25) is 0 Å². The summed E-state index contributed by atoms with van der Waals surface area (Å²) >= 11 is 5.15. The lowest BCUT2D eigenvalue weighted by Crippen LogP contribution is -2.16. The Morgan fingerprint density at radius 2 is 1.47 bits per heavy atom. The van der Waals surface area contributed by atoms with Crippen molar-refractivity contribution in [2.75, 3.05) is 0 Å². The van der Waals surface area contributed by atoms with Gasteiger partial charge in [-0.25, -0.2) is 0 Å². The normalized spacial score (nSPS) is 11.1. The van der Waals surface area contributed by atoms with Crippen LogP contribution in [-0.4, -0.2) is 4.99 Å². The largest absolute Gasteiger partial charge is 0.389 e. The molecular formula is C13H19NS. The van der Waals surface area contributed by atoms with Crippen LogP contribution in [-0.2, 0) is 0 Å². The van der Waals surface area contributed by atoms with Crippen molar-refractivity contribution >= 4 is 17.2 Å². The lowest BCUT2D eigenvalue weighted by atomic mass is 9.89. The molecule has 15 heavy (non-hydrogen) atoms. The predicted molar refractivity (Wildman–Crippen MR) is 70.5 cm³/mol. The molecule has 0 aliphatic rings. The molecule has 1 nitrogen and oxygen atoms in total. The highest BCUT2D eigenvalue weighted by Gasteiger charge is 2.14. The Hall–Kier alpha value is -0.890. The van der Waals surface area contributed by atoms with Gasteiger partial charge in [-0.2, -0.15) is 0 Å². The molecule has 0 spiro atoms. The number of rotatable bonds is 3. The molecule has 0 fully saturated rings. The molecule has 1 aromatic carbocycles. The molecule has 2 N–H and O–H groups in total. The molecule has 0 atom stereocenters. The second kappa shape index (κ2) is 4.75. The van der Waals surface area contributed by atoms with Gasteiger partial charge in [-0.15, -0.1) is 0 Å². The van der Waals surface area contributed by atoms with Crippen LogP contribution in [0, 0.1) is 0 Å². The minimum atomic E-state index is 0.459. The molecule has 0 heterocycles. The Morgan fingerprint density at radius 3 is 1.73 bits per heavy atom. The van der Waals surface area contributed by atoms with E-state index in [1.165, 1.54) is 11.1 Å². The second-order valence-electron chi connectivity index (χ2n) is 4.49. The summed E-state index contributed by atoms with van der Waals surface area (Å²) in [4.78, 5) is 0.517. The summed E-state index contributed by atoms with van der Waals surface area (Å²) in [5, 5.41) is 0. The monoisotopic (exact) mass is 221 g/mol. The summed E-state index contributed by atoms with van der Waals surface area (Å²) in [6.07, 6.45) is 0. The van der Waals surface area contributed by atoms with Crippen molar-refractivity contribution in [3.05, 3.63) is 34.9 Å². The maximum atomic E-state index is 5.82. The Labute approximate surface area is 97.7 Å². The van der Waals surface area contributed by atoms with Gasteiger partial charge in [-0.1, -0.05) is 58.1 Å². The van der Waals surface area contributed by atoms with E-state index < -0.39 is 0 Å². The van der Waals surface area contributed by atoms with Crippen molar-refractivity contribution in [1.82, 2.24) is 0 Å². The minimum Gasteiger partial charge on any atom is -0.389 e. The zero-order chi connectivity index (χ0) is 11.6. The van der Waals surface area contributed by atoms with E-state index in [1.54, 1.807) is 0 Å². The molecule has 0 amide bonds. The van der Waals surface area contributed by atoms with Crippen molar-refractivity contribution in [1.29, 1.82) is 0 Å². The van der Waals surface area contributed by atoms with E-state index >= 15 is 0 Å². The first kappa shape index (κ1) is 12.2. The Kier molecular flexibility index (Phi) is 3.86. The van der Waals surface area contributed by atoms with Crippen molar-refractivity contribution in [3.63, 3.8) is 0 Å². The van der Waals surface area contributed by atoms with Gasteiger partial charge in [0.05, 0.1) is 0 Å². The zero-order valence-electron chi connectivity index (χ0n) is 9.87. The van der Waals surface area contributed by atoms with Gasteiger partial charge in [0, 0.05) is 5.56 Å². The molecular weight excluding hydrogens is 202 g/mol. The zero-order valence-corrected chi connectivity index (χ0v) is 10.7. The highest BCUT2D eigenvalue weighted by Crippen LogP contribution is 2.27. The van der Waals surface area contributed by atoms with Crippen LogP contribution in [0.25, 0.3) is 0 Å². The first-order valence-electron chi connectivity index (χ1n) is 5.37. The Bertz CT molecular complexity index is 341. The smallest absolute Gasteiger partial charge is 0.104 e. The first-order chi connectivity index (χ1) is 6.95. The van der Waals surface area contributed by atoms with E-state index in [9.17, 15) is 0 Å². The molecule has 0 saturated carbocycles. The van der Waals surface area contributed by atoms with Crippen molar-refractivity contribution in [3.8, 4) is 0 Å². The van der Waals surface area contributed by atoms with Gasteiger partial charge in [0.1, 0.15) is 4.99 Å². The molecule has 82 valence electrons. The van der Waals surface area contributed by atoms with Crippen LogP contribution in [0.2, 0.25) is 0 Å². The molecule has 0 saturated heterocycles. The molecule has 0 aromatic heterocycles. The molecule has 0 radical (unpaired) electrons. The average Bonchev–Trinajstić information content (AvgIpc) is 2.16. The Balaban J connectivity index is 3.42. The van der Waals surface area contributed by atoms with Crippen molar-refractivity contribution in [2.24, 2.45) is 5.73 Å². The average molecular weight is 221 g/mol. The standard InChI is InChI=1S/C13H19NS/c1-8(2)10-6-5-7-11(9(3)4)12(10)13(14)15/h5-9H,1-4H3,(H2,14,15). The first-order valence-corrected chi connectivity index (χ1v) is 5.78. The lowest BCUT2D eigenvalue weighted by Gasteiger charge is -2.18. The molecule has 1 rings (SSSR count). The van der Waals surface area contributed by atoms with Crippen LogP contribution < -0.4 is 5.73 Å². The highest BCUT2D eigenvalue weighted by atomic mass is 32.1. The van der Waals surface area contributed by atoms with Gasteiger partial charge in [-0.05, 0) is 23.0 Å². The van der Waals surface area contributed by atoms with E-state index in [1.807, 2.05) is 0 Å². The van der Waals surface area contributed by atoms with Crippen LogP contribution in [0.5, 0.6) is 0 Å². The Morgan fingerprint density at radius 1 is 1.07 bits per heavy atom. The van der Waals surface area contributed by atoms with Crippen LogP contribution in [0.1, 0.15) is 56.2 Å². The number of nitrogens with two attached hydrogens (primary N) is 1. The molecule has 2 heteroatoms. The molecule has 0 aliphatic carbocycles. The summed E-state index contributed by atoms with van der Waals surface area (Å²) in [7, 11) is 0. The van der Waals surface area contributed by atoms with Crippen LogP contribution in [0.15, 0.2) is 18.2 Å². The van der Waals surface area contributed by atoms with E-state index in [2.05, 4.69) is 45.9 Å². The summed E-state index contributed by atoms with van der Waals surface area (Å²) in [6.45, 7) is 8.67. The summed E-state index contributed by atoms with van der Waals surface area (Å²) < 4.78 is 0.